The topological polar surface area (TPSA) is 70.7 Å². The van der Waals surface area contributed by atoms with E-state index in [2.05, 4.69) is 26.6 Å². The summed E-state index contributed by atoms with van der Waals surface area (Å²) in [6.45, 7) is 4.80. The van der Waals surface area contributed by atoms with Gasteiger partial charge in [0.15, 0.2) is 11.6 Å². The molecule has 29 heavy (non-hydrogen) atoms. The van der Waals surface area contributed by atoms with Crippen LogP contribution in [0, 0.1) is 12.7 Å². The Morgan fingerprint density at radius 3 is 2.55 bits per heavy atom. The minimum atomic E-state index is -0.439. The maximum Gasteiger partial charge on any atom is 0.243 e. The van der Waals surface area contributed by atoms with Crippen LogP contribution in [0.4, 0.5) is 10.1 Å². The van der Waals surface area contributed by atoms with Gasteiger partial charge >= 0.3 is 0 Å². The molecule has 0 aliphatic rings. The van der Waals surface area contributed by atoms with Crippen LogP contribution in [0.5, 0.6) is 5.75 Å². The summed E-state index contributed by atoms with van der Waals surface area (Å²) in [6, 6.07) is 10.3. The van der Waals surface area contributed by atoms with Gasteiger partial charge in [0, 0.05) is 16.7 Å². The van der Waals surface area contributed by atoms with Gasteiger partial charge in [0.1, 0.15) is 0 Å². The van der Waals surface area contributed by atoms with E-state index in [-0.39, 0.29) is 30.7 Å². The maximum absolute atomic E-state index is 13.8. The van der Waals surface area contributed by atoms with Crippen LogP contribution in [0.2, 0.25) is 0 Å². The normalized spacial score (nSPS) is 10.7. The van der Waals surface area contributed by atoms with Crippen LogP contribution in [-0.2, 0) is 16.1 Å². The second-order valence-corrected chi connectivity index (χ2v) is 7.47. The van der Waals surface area contributed by atoms with Crippen LogP contribution in [0.3, 0.4) is 0 Å². The number of hydrogen-bond acceptors (Lipinski definition) is 4. The first-order chi connectivity index (χ1) is 13.8. The Labute approximate surface area is 178 Å². The fourth-order valence-electron chi connectivity index (χ4n) is 2.75. The number of hydrogen-bond donors (Lipinski definition) is 2. The minimum absolute atomic E-state index is 0.106. The molecule has 0 aliphatic carbocycles. The average Bonchev–Trinajstić information content (AvgIpc) is 2.68. The van der Waals surface area contributed by atoms with E-state index in [1.54, 1.807) is 18.2 Å². The molecule has 0 saturated heterocycles. The molecule has 0 saturated carbocycles. The summed E-state index contributed by atoms with van der Waals surface area (Å²) >= 11 is 3.38. The van der Waals surface area contributed by atoms with E-state index in [1.165, 1.54) is 13.2 Å². The molecule has 156 valence electrons. The Morgan fingerprint density at radius 2 is 1.93 bits per heavy atom. The first-order valence-corrected chi connectivity index (χ1v) is 9.99. The molecule has 0 unspecified atom stereocenters. The van der Waals surface area contributed by atoms with Gasteiger partial charge in [0.25, 0.3) is 0 Å². The van der Waals surface area contributed by atoms with E-state index in [9.17, 15) is 14.0 Å². The van der Waals surface area contributed by atoms with E-state index in [4.69, 9.17) is 4.74 Å². The molecule has 2 rings (SSSR count). The van der Waals surface area contributed by atoms with Crippen LogP contribution in [-0.4, -0.2) is 43.5 Å². The van der Waals surface area contributed by atoms with E-state index >= 15 is 0 Å². The summed E-state index contributed by atoms with van der Waals surface area (Å²) in [6.07, 6.45) is 0. The van der Waals surface area contributed by atoms with Gasteiger partial charge in [-0.05, 0) is 54.9 Å². The van der Waals surface area contributed by atoms with Crippen molar-refractivity contribution in [2.75, 3.05) is 32.1 Å². The highest BCUT2D eigenvalue weighted by Gasteiger charge is 2.13. The molecule has 0 aliphatic heterocycles. The highest BCUT2D eigenvalue weighted by Crippen LogP contribution is 2.20. The number of likely N-dealkylation sites (N-methyl/N-ethyl adjacent to an activating group) is 1. The molecule has 8 heteroatoms. The monoisotopic (exact) mass is 465 g/mol. The smallest absolute Gasteiger partial charge is 0.243 e. The summed E-state index contributed by atoms with van der Waals surface area (Å²) in [5.74, 6) is -0.834. The zero-order valence-electron chi connectivity index (χ0n) is 16.7. The predicted molar refractivity (Wildman–Crippen MR) is 114 cm³/mol. The zero-order valence-corrected chi connectivity index (χ0v) is 18.3. The Morgan fingerprint density at radius 1 is 1.17 bits per heavy atom. The first-order valence-electron chi connectivity index (χ1n) is 9.19. The molecule has 0 bridgehead atoms. The molecule has 2 amide bonds. The number of ether oxygens (including phenoxy) is 1. The van der Waals surface area contributed by atoms with Crippen LogP contribution in [0.15, 0.2) is 40.9 Å². The maximum atomic E-state index is 13.8. The molecule has 0 heterocycles. The number of nitrogens with zero attached hydrogens (tertiary/aromatic N) is 1. The average molecular weight is 466 g/mol. The number of aryl methyl sites for hydroxylation is 1. The summed E-state index contributed by atoms with van der Waals surface area (Å²) in [7, 11) is 1.41. The molecular formula is C21H25BrFN3O3. The number of carbonyl (C=O) groups excluding carboxylic acids is 2. The number of anilines is 1. The van der Waals surface area contributed by atoms with Crippen LogP contribution < -0.4 is 15.4 Å². The molecule has 0 atom stereocenters. The number of methoxy groups -OCH3 is 1. The third-order valence-electron chi connectivity index (χ3n) is 4.35. The molecule has 2 aromatic carbocycles. The van der Waals surface area contributed by atoms with Crippen molar-refractivity contribution in [2.45, 2.75) is 20.4 Å². The Kier molecular flexibility index (Phi) is 8.60. The van der Waals surface area contributed by atoms with Crippen LogP contribution >= 0.6 is 15.9 Å². The van der Waals surface area contributed by atoms with Crippen LogP contribution in [0.25, 0.3) is 0 Å². The van der Waals surface area contributed by atoms with Gasteiger partial charge in [-0.25, -0.2) is 4.39 Å². The van der Waals surface area contributed by atoms with Crippen molar-refractivity contribution in [1.29, 1.82) is 0 Å². The van der Waals surface area contributed by atoms with Gasteiger partial charge < -0.3 is 15.4 Å². The standard InChI is InChI=1S/C21H25BrFN3O3/c1-4-26(12-15-5-8-19(29-3)17(23)10-15)13-21(28)24-11-20(27)25-18-7-6-16(22)9-14(18)2/h5-10H,4,11-13H2,1-3H3,(H,24,28)(H,25,27). The van der Waals surface area contributed by atoms with Gasteiger partial charge in [-0.3, -0.25) is 14.5 Å². The Hall–Kier alpha value is -2.45. The number of amides is 2. The summed E-state index contributed by atoms with van der Waals surface area (Å²) < 4.78 is 19.7. The number of benzene rings is 2. The van der Waals surface area contributed by atoms with Crippen molar-refractivity contribution in [1.82, 2.24) is 10.2 Å². The van der Waals surface area contributed by atoms with Gasteiger partial charge in [-0.2, -0.15) is 0 Å². The molecule has 0 fully saturated rings. The second kappa shape index (κ2) is 10.9. The zero-order chi connectivity index (χ0) is 21.4. The fraction of sp³-hybridized carbons (Fsp3) is 0.333. The summed E-state index contributed by atoms with van der Waals surface area (Å²) in [4.78, 5) is 26.2. The fourth-order valence-corrected chi connectivity index (χ4v) is 3.22. The largest absolute Gasteiger partial charge is 0.494 e. The SMILES string of the molecule is CCN(CC(=O)NCC(=O)Nc1ccc(Br)cc1C)Cc1ccc(OC)c(F)c1. The molecule has 2 N–H and O–H groups in total. The number of nitrogens with one attached hydrogen (secondary N) is 2. The molecule has 0 spiro atoms. The molecule has 2 aromatic rings. The lowest BCUT2D eigenvalue weighted by atomic mass is 10.2. The van der Waals surface area contributed by atoms with Crippen molar-refractivity contribution < 1.29 is 18.7 Å². The third-order valence-corrected chi connectivity index (χ3v) is 4.84. The van der Waals surface area contributed by atoms with Crippen molar-refractivity contribution in [2.24, 2.45) is 0 Å². The number of rotatable bonds is 9. The van der Waals surface area contributed by atoms with E-state index in [0.29, 0.717) is 18.8 Å². The molecule has 6 nitrogen and oxygen atoms in total. The highest BCUT2D eigenvalue weighted by molar-refractivity contribution is 9.10. The first kappa shape index (κ1) is 22.8. The minimum Gasteiger partial charge on any atom is -0.494 e. The number of carbonyl (C=O) groups is 2. The lowest BCUT2D eigenvalue weighted by Gasteiger charge is -2.20. The van der Waals surface area contributed by atoms with E-state index in [0.717, 1.165) is 15.6 Å². The summed E-state index contributed by atoms with van der Waals surface area (Å²) in [5.41, 5.74) is 2.36. The predicted octanol–water partition coefficient (Wildman–Crippen LogP) is 3.48. The van der Waals surface area contributed by atoms with Gasteiger partial charge in [-0.15, -0.1) is 0 Å². The van der Waals surface area contributed by atoms with E-state index in [1.807, 2.05) is 30.9 Å². The van der Waals surface area contributed by atoms with Gasteiger partial charge in [-0.1, -0.05) is 28.9 Å². The summed E-state index contributed by atoms with van der Waals surface area (Å²) in [5, 5.41) is 5.39. The number of halogens is 2. The van der Waals surface area contributed by atoms with Crippen molar-refractivity contribution >= 4 is 33.4 Å². The second-order valence-electron chi connectivity index (χ2n) is 6.56. The lowest BCUT2D eigenvalue weighted by molar-refractivity contribution is -0.125. The van der Waals surface area contributed by atoms with E-state index < -0.39 is 5.82 Å². The molecule has 0 aromatic heterocycles. The van der Waals surface area contributed by atoms with Gasteiger partial charge in [0.05, 0.1) is 20.2 Å². The Bertz CT molecular complexity index is 876. The van der Waals surface area contributed by atoms with Gasteiger partial charge in [0.2, 0.25) is 11.8 Å². The quantitative estimate of drug-likeness (QED) is 0.594. The third kappa shape index (κ3) is 7.14. The lowest BCUT2D eigenvalue weighted by Crippen LogP contribution is -2.40. The highest BCUT2D eigenvalue weighted by atomic mass is 79.9. The molecule has 0 radical (unpaired) electrons. The van der Waals surface area contributed by atoms with Crippen LogP contribution in [0.1, 0.15) is 18.1 Å². The molecular weight excluding hydrogens is 441 g/mol. The Balaban J connectivity index is 1.83. The van der Waals surface area contributed by atoms with Crippen molar-refractivity contribution in [3.63, 3.8) is 0 Å². The van der Waals surface area contributed by atoms with Crippen molar-refractivity contribution in [3.8, 4) is 5.75 Å². The van der Waals surface area contributed by atoms with Crippen molar-refractivity contribution in [3.05, 3.63) is 57.8 Å².